The van der Waals surface area contributed by atoms with Crippen molar-refractivity contribution in [2.75, 3.05) is 17.2 Å². The van der Waals surface area contributed by atoms with Crippen molar-refractivity contribution >= 4 is 41.0 Å². The number of imide groups is 1. The van der Waals surface area contributed by atoms with Gasteiger partial charge >= 0.3 is 5.97 Å². The normalized spacial score (nSPS) is 13.4. The number of carbonyl (C=O) groups excluding carboxylic acids is 5. The number of nitrogens with one attached hydrogen (secondary N) is 2. The van der Waals surface area contributed by atoms with E-state index in [1.807, 2.05) is 0 Å². The number of benzene rings is 2. The first-order chi connectivity index (χ1) is 14.8. The van der Waals surface area contributed by atoms with Gasteiger partial charge in [-0.2, -0.15) is 0 Å². The summed E-state index contributed by atoms with van der Waals surface area (Å²) in [6.45, 7) is 2.67. The maximum Gasteiger partial charge on any atom is 0.308 e. The first kappa shape index (κ1) is 21.7. The first-order valence-corrected chi connectivity index (χ1v) is 9.59. The Labute approximate surface area is 178 Å². The number of hydrogen-bond acceptors (Lipinski definition) is 6. The van der Waals surface area contributed by atoms with Gasteiger partial charge in [0.25, 0.3) is 17.7 Å². The maximum absolute atomic E-state index is 12.3. The Hall–Kier alpha value is -4.01. The standard InChI is InChI=1S/C22H21N3O6/c1-13(20(28)24-16-9-7-15(8-10-16)23-14(2)26)31-19(27)11-12-25-21(29)17-5-3-4-6-18(17)22(25)30/h3-10,13H,11-12H2,1-2H3,(H,23,26)(H,24,28). The molecule has 0 aliphatic carbocycles. The molecule has 9 heteroatoms. The largest absolute Gasteiger partial charge is 0.452 e. The molecule has 1 unspecified atom stereocenters. The van der Waals surface area contributed by atoms with Gasteiger partial charge in [-0.3, -0.25) is 28.9 Å². The quantitative estimate of drug-likeness (QED) is 0.520. The van der Waals surface area contributed by atoms with Crippen molar-refractivity contribution in [1.29, 1.82) is 0 Å². The third-order valence-electron chi connectivity index (χ3n) is 4.57. The monoisotopic (exact) mass is 423 g/mol. The molecule has 1 aliphatic rings. The number of rotatable bonds is 7. The van der Waals surface area contributed by atoms with Crippen LogP contribution in [0.25, 0.3) is 0 Å². The van der Waals surface area contributed by atoms with Crippen molar-refractivity contribution in [1.82, 2.24) is 4.90 Å². The summed E-state index contributed by atoms with van der Waals surface area (Å²) in [5.41, 5.74) is 1.66. The SMILES string of the molecule is CC(=O)Nc1ccc(NC(=O)C(C)OC(=O)CCN2C(=O)c3ccccc3C2=O)cc1. The highest BCUT2D eigenvalue weighted by Gasteiger charge is 2.35. The number of nitrogens with zero attached hydrogens (tertiary/aromatic N) is 1. The van der Waals surface area contributed by atoms with Gasteiger partial charge in [0.2, 0.25) is 5.91 Å². The van der Waals surface area contributed by atoms with Crippen LogP contribution in [0.15, 0.2) is 48.5 Å². The Balaban J connectivity index is 1.48. The van der Waals surface area contributed by atoms with Crippen LogP contribution < -0.4 is 10.6 Å². The number of anilines is 2. The molecule has 1 atom stereocenters. The molecule has 0 fully saturated rings. The summed E-state index contributed by atoms with van der Waals surface area (Å²) in [4.78, 5) is 61.0. The highest BCUT2D eigenvalue weighted by molar-refractivity contribution is 6.21. The van der Waals surface area contributed by atoms with E-state index in [4.69, 9.17) is 4.74 Å². The molecule has 2 N–H and O–H groups in total. The fraction of sp³-hybridized carbons (Fsp3) is 0.227. The lowest BCUT2D eigenvalue weighted by molar-refractivity contribution is -0.153. The molecule has 0 radical (unpaired) electrons. The second kappa shape index (κ2) is 9.21. The average molecular weight is 423 g/mol. The molecule has 0 spiro atoms. The van der Waals surface area contributed by atoms with Gasteiger partial charge < -0.3 is 15.4 Å². The number of amides is 4. The first-order valence-electron chi connectivity index (χ1n) is 9.59. The van der Waals surface area contributed by atoms with Gasteiger partial charge in [-0.15, -0.1) is 0 Å². The Morgan fingerprint density at radius 2 is 1.42 bits per heavy atom. The molecule has 0 bridgehead atoms. The van der Waals surface area contributed by atoms with E-state index < -0.39 is 29.8 Å². The second-order valence-corrected chi connectivity index (χ2v) is 6.94. The van der Waals surface area contributed by atoms with Crippen molar-refractivity contribution in [3.63, 3.8) is 0 Å². The molecular formula is C22H21N3O6. The minimum atomic E-state index is -1.08. The van der Waals surface area contributed by atoms with E-state index in [2.05, 4.69) is 10.6 Å². The van der Waals surface area contributed by atoms with Crippen LogP contribution in [0.2, 0.25) is 0 Å². The van der Waals surface area contributed by atoms with Gasteiger partial charge in [-0.05, 0) is 43.3 Å². The zero-order valence-corrected chi connectivity index (χ0v) is 17.0. The number of fused-ring (bicyclic) bond motifs is 1. The Morgan fingerprint density at radius 3 is 1.94 bits per heavy atom. The van der Waals surface area contributed by atoms with Crippen LogP contribution >= 0.6 is 0 Å². The number of esters is 1. The van der Waals surface area contributed by atoms with Crippen LogP contribution in [-0.2, 0) is 19.1 Å². The number of carbonyl (C=O) groups is 5. The fourth-order valence-corrected chi connectivity index (χ4v) is 3.04. The maximum atomic E-state index is 12.3. The van der Waals surface area contributed by atoms with Crippen LogP contribution in [-0.4, -0.2) is 47.1 Å². The van der Waals surface area contributed by atoms with Gasteiger partial charge in [0.1, 0.15) is 0 Å². The van der Waals surface area contributed by atoms with Crippen molar-refractivity contribution in [2.45, 2.75) is 26.4 Å². The highest BCUT2D eigenvalue weighted by atomic mass is 16.5. The summed E-state index contributed by atoms with van der Waals surface area (Å²) >= 11 is 0. The van der Waals surface area contributed by atoms with Crippen LogP contribution in [0.3, 0.4) is 0 Å². The van der Waals surface area contributed by atoms with Gasteiger partial charge in [0.05, 0.1) is 17.5 Å². The number of hydrogen-bond donors (Lipinski definition) is 2. The van der Waals surface area contributed by atoms with Crippen molar-refractivity contribution in [2.24, 2.45) is 0 Å². The molecule has 1 heterocycles. The highest BCUT2D eigenvalue weighted by Crippen LogP contribution is 2.22. The van der Waals surface area contributed by atoms with Crippen LogP contribution in [0.4, 0.5) is 11.4 Å². The van der Waals surface area contributed by atoms with Gasteiger partial charge in [-0.25, -0.2) is 0 Å². The Morgan fingerprint density at radius 1 is 0.903 bits per heavy atom. The van der Waals surface area contributed by atoms with Gasteiger partial charge in [-0.1, -0.05) is 12.1 Å². The van der Waals surface area contributed by atoms with E-state index in [9.17, 15) is 24.0 Å². The summed E-state index contributed by atoms with van der Waals surface area (Å²) in [7, 11) is 0. The van der Waals surface area contributed by atoms with E-state index in [0.717, 1.165) is 4.90 Å². The predicted octanol–water partition coefficient (Wildman–Crippen LogP) is 2.20. The summed E-state index contributed by atoms with van der Waals surface area (Å²) in [5.74, 6) is -2.37. The molecule has 3 rings (SSSR count). The predicted molar refractivity (Wildman–Crippen MR) is 111 cm³/mol. The lowest BCUT2D eigenvalue weighted by atomic mass is 10.1. The fourth-order valence-electron chi connectivity index (χ4n) is 3.04. The van der Waals surface area contributed by atoms with Crippen LogP contribution in [0.5, 0.6) is 0 Å². The Kier molecular flexibility index (Phi) is 6.44. The summed E-state index contributed by atoms with van der Waals surface area (Å²) in [5, 5.41) is 5.21. The molecule has 0 aromatic heterocycles. The van der Waals surface area contributed by atoms with E-state index in [1.165, 1.54) is 13.8 Å². The summed E-state index contributed by atoms with van der Waals surface area (Å²) in [6, 6.07) is 12.9. The minimum Gasteiger partial charge on any atom is -0.452 e. The third kappa shape index (κ3) is 5.13. The summed E-state index contributed by atoms with van der Waals surface area (Å²) < 4.78 is 5.11. The van der Waals surface area contributed by atoms with Crippen LogP contribution in [0, 0.1) is 0 Å². The molecule has 1 aliphatic heterocycles. The zero-order valence-electron chi connectivity index (χ0n) is 17.0. The van der Waals surface area contributed by atoms with Crippen molar-refractivity contribution in [3.8, 4) is 0 Å². The van der Waals surface area contributed by atoms with E-state index in [1.54, 1.807) is 48.5 Å². The topological polar surface area (TPSA) is 122 Å². The smallest absolute Gasteiger partial charge is 0.308 e. The van der Waals surface area contributed by atoms with E-state index >= 15 is 0 Å². The Bertz CT molecular complexity index is 1010. The molecule has 31 heavy (non-hydrogen) atoms. The second-order valence-electron chi connectivity index (χ2n) is 6.94. The molecular weight excluding hydrogens is 402 g/mol. The van der Waals surface area contributed by atoms with Crippen LogP contribution in [0.1, 0.15) is 41.0 Å². The van der Waals surface area contributed by atoms with Crippen molar-refractivity contribution < 1.29 is 28.7 Å². The molecule has 2 aromatic carbocycles. The molecule has 2 aromatic rings. The van der Waals surface area contributed by atoms with E-state index in [-0.39, 0.29) is 18.9 Å². The van der Waals surface area contributed by atoms with Gasteiger partial charge in [0, 0.05) is 24.8 Å². The lowest BCUT2D eigenvalue weighted by Gasteiger charge is -2.16. The molecule has 160 valence electrons. The molecule has 0 saturated heterocycles. The van der Waals surface area contributed by atoms with E-state index in [0.29, 0.717) is 22.5 Å². The minimum absolute atomic E-state index is 0.135. The molecule has 0 saturated carbocycles. The zero-order chi connectivity index (χ0) is 22.5. The molecule has 9 nitrogen and oxygen atoms in total. The summed E-state index contributed by atoms with van der Waals surface area (Å²) in [6.07, 6.45) is -1.31. The van der Waals surface area contributed by atoms with Gasteiger partial charge in [0.15, 0.2) is 6.10 Å². The molecule has 4 amide bonds. The lowest BCUT2D eigenvalue weighted by Crippen LogP contribution is -2.34. The van der Waals surface area contributed by atoms with Crippen molar-refractivity contribution in [3.05, 3.63) is 59.7 Å². The third-order valence-corrected chi connectivity index (χ3v) is 4.57. The average Bonchev–Trinajstić information content (AvgIpc) is 2.98. The number of ether oxygens (including phenoxy) is 1.